The number of rotatable bonds is 9. The molecule has 1 aromatic carbocycles. The van der Waals surface area contributed by atoms with Crippen LogP contribution in [-0.4, -0.2) is 64.5 Å². The van der Waals surface area contributed by atoms with Gasteiger partial charge in [0.25, 0.3) is 0 Å². The van der Waals surface area contributed by atoms with Crippen LogP contribution in [0.1, 0.15) is 32.6 Å². The normalized spacial score (nSPS) is 15.0. The number of hydrogen-bond acceptors (Lipinski definition) is 8. The third kappa shape index (κ3) is 4.75. The molecule has 1 amide bonds. The number of carbonyl (C=O) groups excluding carboxylic acids is 2. The minimum Gasteiger partial charge on any atom is -0.457 e. The van der Waals surface area contributed by atoms with Crippen LogP contribution in [0.15, 0.2) is 42.9 Å². The Bertz CT molecular complexity index is 1260. The Kier molecular flexibility index (Phi) is 6.47. The van der Waals surface area contributed by atoms with E-state index < -0.39 is 0 Å². The van der Waals surface area contributed by atoms with E-state index in [-0.39, 0.29) is 12.1 Å². The van der Waals surface area contributed by atoms with Crippen LogP contribution in [-0.2, 0) is 29.0 Å². The van der Waals surface area contributed by atoms with E-state index in [9.17, 15) is 9.59 Å². The lowest BCUT2D eigenvalue weighted by atomic mass is 9.96. The van der Waals surface area contributed by atoms with Crippen LogP contribution in [0.4, 0.5) is 10.5 Å². The monoisotopic (exact) mass is 476 g/mol. The summed E-state index contributed by atoms with van der Waals surface area (Å²) >= 11 is 0. The Morgan fingerprint density at radius 2 is 2.06 bits per heavy atom. The number of nitrogens with two attached hydrogens (primary N) is 1. The Morgan fingerprint density at radius 3 is 2.86 bits per heavy atom. The lowest BCUT2D eigenvalue weighted by Gasteiger charge is -2.21. The van der Waals surface area contributed by atoms with Gasteiger partial charge in [0.15, 0.2) is 5.82 Å². The van der Waals surface area contributed by atoms with Crippen LogP contribution in [0.25, 0.3) is 5.82 Å². The van der Waals surface area contributed by atoms with Crippen molar-refractivity contribution >= 4 is 17.7 Å². The first-order chi connectivity index (χ1) is 17.0. The Labute approximate surface area is 203 Å². The lowest BCUT2D eigenvalue weighted by molar-refractivity contribution is 0.0535. The van der Waals surface area contributed by atoms with Crippen LogP contribution in [0.2, 0.25) is 0 Å². The Balaban J connectivity index is 1.26. The van der Waals surface area contributed by atoms with Crippen molar-refractivity contribution in [2.45, 2.75) is 26.5 Å². The van der Waals surface area contributed by atoms with E-state index in [1.807, 2.05) is 30.6 Å². The summed E-state index contributed by atoms with van der Waals surface area (Å²) in [6, 6.07) is 7.50. The lowest BCUT2D eigenvalue weighted by Crippen LogP contribution is -2.31. The van der Waals surface area contributed by atoms with Gasteiger partial charge < -0.3 is 15.2 Å². The molecule has 182 valence electrons. The highest BCUT2D eigenvalue weighted by Crippen LogP contribution is 2.26. The molecule has 10 nitrogen and oxygen atoms in total. The SMILES string of the molecule is Cc1c(CCN(CCN)Cc2cnn(-c3cc(N4CCOC4=O)ccn3)c2)ccc2c1COC2=O. The van der Waals surface area contributed by atoms with Crippen molar-refractivity contribution in [3.8, 4) is 5.82 Å². The van der Waals surface area contributed by atoms with Crippen LogP contribution >= 0.6 is 0 Å². The number of ether oxygens (including phenoxy) is 2. The molecule has 0 saturated carbocycles. The van der Waals surface area contributed by atoms with Gasteiger partial charge in [0, 0.05) is 55.8 Å². The highest BCUT2D eigenvalue weighted by atomic mass is 16.6. The summed E-state index contributed by atoms with van der Waals surface area (Å²) in [6.45, 7) is 6.13. The molecular weight excluding hydrogens is 448 g/mol. The molecule has 0 aliphatic carbocycles. The standard InChI is InChI=1S/C25H28N6O4/c1-17-19(2-3-21-22(17)16-35-24(21)32)5-8-29(9-6-26)14-18-13-28-31(15-18)23-12-20(4-7-27-23)30-10-11-34-25(30)33/h2-4,7,12-13,15H,5-6,8-11,14,16,26H2,1H3. The van der Waals surface area contributed by atoms with Crippen LogP contribution in [0.3, 0.4) is 0 Å². The van der Waals surface area contributed by atoms with Gasteiger partial charge in [0.1, 0.15) is 13.2 Å². The summed E-state index contributed by atoms with van der Waals surface area (Å²) < 4.78 is 11.9. The summed E-state index contributed by atoms with van der Waals surface area (Å²) in [5.74, 6) is 0.390. The largest absolute Gasteiger partial charge is 0.457 e. The maximum absolute atomic E-state index is 11.9. The van der Waals surface area contributed by atoms with Crippen molar-refractivity contribution in [1.82, 2.24) is 19.7 Å². The van der Waals surface area contributed by atoms with Crippen molar-refractivity contribution in [1.29, 1.82) is 0 Å². The molecule has 0 bridgehead atoms. The molecule has 2 aliphatic heterocycles. The third-order valence-corrected chi connectivity index (χ3v) is 6.50. The number of hydrogen-bond donors (Lipinski definition) is 1. The molecule has 4 heterocycles. The fourth-order valence-electron chi connectivity index (χ4n) is 4.55. The highest BCUT2D eigenvalue weighted by Gasteiger charge is 2.25. The maximum Gasteiger partial charge on any atom is 0.414 e. The number of pyridine rings is 1. The molecule has 2 N–H and O–H groups in total. The highest BCUT2D eigenvalue weighted by molar-refractivity contribution is 5.94. The topological polar surface area (TPSA) is 116 Å². The molecule has 0 unspecified atom stereocenters. The van der Waals surface area contributed by atoms with Crippen molar-refractivity contribution in [3.05, 3.63) is 70.7 Å². The maximum atomic E-state index is 11.9. The number of anilines is 1. The average Bonchev–Trinajstić information content (AvgIpc) is 3.59. The number of esters is 1. The fraction of sp³-hybridized carbons (Fsp3) is 0.360. The average molecular weight is 477 g/mol. The number of benzene rings is 1. The van der Waals surface area contributed by atoms with E-state index >= 15 is 0 Å². The smallest absolute Gasteiger partial charge is 0.414 e. The molecule has 1 saturated heterocycles. The van der Waals surface area contributed by atoms with E-state index in [2.05, 4.69) is 21.9 Å². The number of carbonyl (C=O) groups is 2. The first-order valence-corrected chi connectivity index (χ1v) is 11.7. The van der Waals surface area contributed by atoms with Gasteiger partial charge in [0.05, 0.1) is 24.0 Å². The molecule has 1 fully saturated rings. The zero-order chi connectivity index (χ0) is 24.4. The van der Waals surface area contributed by atoms with Gasteiger partial charge >= 0.3 is 12.1 Å². The first kappa shape index (κ1) is 23.0. The van der Waals surface area contributed by atoms with Crippen molar-refractivity contribution in [2.24, 2.45) is 5.73 Å². The number of amides is 1. The summed E-state index contributed by atoms with van der Waals surface area (Å²) in [6.07, 6.45) is 5.93. The Morgan fingerprint density at radius 1 is 1.17 bits per heavy atom. The third-order valence-electron chi connectivity index (χ3n) is 6.50. The number of cyclic esters (lactones) is 2. The minimum absolute atomic E-state index is 0.239. The van der Waals surface area contributed by atoms with Gasteiger partial charge in [-0.15, -0.1) is 0 Å². The summed E-state index contributed by atoms with van der Waals surface area (Å²) in [5, 5.41) is 4.48. The van der Waals surface area contributed by atoms with E-state index in [1.165, 1.54) is 5.56 Å². The zero-order valence-electron chi connectivity index (χ0n) is 19.6. The molecule has 35 heavy (non-hydrogen) atoms. The molecule has 2 aromatic heterocycles. The van der Waals surface area contributed by atoms with E-state index in [4.69, 9.17) is 15.2 Å². The van der Waals surface area contributed by atoms with Gasteiger partial charge in [-0.25, -0.2) is 19.3 Å². The van der Waals surface area contributed by atoms with E-state index in [0.29, 0.717) is 44.2 Å². The van der Waals surface area contributed by atoms with Crippen molar-refractivity contribution in [3.63, 3.8) is 0 Å². The number of fused-ring (bicyclic) bond motifs is 1. The van der Waals surface area contributed by atoms with Gasteiger partial charge in [-0.1, -0.05) is 6.07 Å². The molecule has 0 spiro atoms. The Hall–Kier alpha value is -3.76. The second kappa shape index (κ2) is 9.85. The molecular formula is C25H28N6O4. The predicted octanol–water partition coefficient (Wildman–Crippen LogP) is 2.21. The molecule has 5 rings (SSSR count). The first-order valence-electron chi connectivity index (χ1n) is 11.7. The van der Waals surface area contributed by atoms with Gasteiger partial charge in [-0.2, -0.15) is 5.10 Å². The molecule has 0 atom stereocenters. The van der Waals surface area contributed by atoms with E-state index in [1.54, 1.807) is 21.8 Å². The molecule has 0 radical (unpaired) electrons. The second-order valence-corrected chi connectivity index (χ2v) is 8.70. The molecule has 3 aromatic rings. The van der Waals surface area contributed by atoms with Gasteiger partial charge in [-0.3, -0.25) is 9.80 Å². The predicted molar refractivity (Wildman–Crippen MR) is 128 cm³/mol. The van der Waals surface area contributed by atoms with Crippen molar-refractivity contribution in [2.75, 3.05) is 37.7 Å². The van der Waals surface area contributed by atoms with Gasteiger partial charge in [-0.05, 0) is 36.6 Å². The van der Waals surface area contributed by atoms with Crippen LogP contribution in [0, 0.1) is 6.92 Å². The number of aromatic nitrogens is 3. The van der Waals surface area contributed by atoms with Crippen molar-refractivity contribution < 1.29 is 19.1 Å². The summed E-state index contributed by atoms with van der Waals surface area (Å²) in [5.41, 5.74) is 11.7. The van der Waals surface area contributed by atoms with Gasteiger partial charge in [0.2, 0.25) is 0 Å². The minimum atomic E-state index is -0.349. The quantitative estimate of drug-likeness (QED) is 0.468. The van der Waals surface area contributed by atoms with Crippen LogP contribution < -0.4 is 10.6 Å². The second-order valence-electron chi connectivity index (χ2n) is 8.70. The molecule has 2 aliphatic rings. The van der Waals surface area contributed by atoms with E-state index in [0.717, 1.165) is 41.9 Å². The summed E-state index contributed by atoms with van der Waals surface area (Å²) in [4.78, 5) is 32.0. The fourth-order valence-corrected chi connectivity index (χ4v) is 4.55. The summed E-state index contributed by atoms with van der Waals surface area (Å²) in [7, 11) is 0. The zero-order valence-corrected chi connectivity index (χ0v) is 19.6. The van der Waals surface area contributed by atoms with Crippen LogP contribution in [0.5, 0.6) is 0 Å². The molecule has 10 heteroatoms. The number of nitrogens with zero attached hydrogens (tertiary/aromatic N) is 5.